The van der Waals surface area contributed by atoms with Crippen LogP contribution in [0.4, 0.5) is 0 Å². The first-order valence-corrected chi connectivity index (χ1v) is 4.53. The number of rotatable bonds is 4. The second kappa shape index (κ2) is 5.09. The summed E-state index contributed by atoms with van der Waals surface area (Å²) >= 11 is 0. The maximum atomic E-state index is 10.8. The lowest BCUT2D eigenvalue weighted by Gasteiger charge is -2.10. The summed E-state index contributed by atoms with van der Waals surface area (Å²) in [6, 6.07) is 4.13. The number of carbonyl (C=O) groups excluding carboxylic acids is 1. The van der Waals surface area contributed by atoms with Crippen molar-refractivity contribution in [3.05, 3.63) is 28.8 Å². The molecular formula is C11H9NO5. The smallest absolute Gasteiger partial charge is 0.337 e. The number of hydrogen-bond donors (Lipinski definition) is 2. The van der Waals surface area contributed by atoms with Crippen LogP contribution >= 0.6 is 0 Å². The van der Waals surface area contributed by atoms with Gasteiger partial charge in [-0.2, -0.15) is 5.26 Å². The van der Waals surface area contributed by atoms with Crippen LogP contribution in [0, 0.1) is 11.3 Å². The zero-order valence-electron chi connectivity index (χ0n) is 8.88. The zero-order chi connectivity index (χ0) is 13.0. The van der Waals surface area contributed by atoms with Gasteiger partial charge in [0.2, 0.25) is 0 Å². The summed E-state index contributed by atoms with van der Waals surface area (Å²) in [6.45, 7) is 0. The number of hydrogen-bond acceptors (Lipinski definition) is 5. The van der Waals surface area contributed by atoms with E-state index in [2.05, 4.69) is 0 Å². The molecule has 1 aromatic rings. The van der Waals surface area contributed by atoms with E-state index in [4.69, 9.17) is 15.1 Å². The van der Waals surface area contributed by atoms with Gasteiger partial charge in [-0.15, -0.1) is 0 Å². The lowest BCUT2D eigenvalue weighted by atomic mass is 10.0. The number of aliphatic hydroxyl groups excluding tert-OH is 1. The molecule has 0 saturated carbocycles. The Hall–Kier alpha value is -2.39. The van der Waals surface area contributed by atoms with Crippen LogP contribution in [0.3, 0.4) is 0 Å². The average molecular weight is 235 g/mol. The maximum Gasteiger partial charge on any atom is 0.337 e. The van der Waals surface area contributed by atoms with Gasteiger partial charge in [0.15, 0.2) is 12.4 Å². The third-order valence-electron chi connectivity index (χ3n) is 2.16. The predicted octanol–water partition coefficient (Wildman–Crippen LogP) is 0.497. The van der Waals surface area contributed by atoms with Gasteiger partial charge in [-0.3, -0.25) is 4.79 Å². The maximum absolute atomic E-state index is 10.8. The molecular weight excluding hydrogens is 226 g/mol. The summed E-state index contributed by atoms with van der Waals surface area (Å²) in [7, 11) is 1.28. The average Bonchev–Trinajstić information content (AvgIpc) is 2.35. The van der Waals surface area contributed by atoms with Gasteiger partial charge in [-0.25, -0.2) is 4.79 Å². The van der Waals surface area contributed by atoms with Gasteiger partial charge >= 0.3 is 5.97 Å². The molecule has 1 rings (SSSR count). The summed E-state index contributed by atoms with van der Waals surface area (Å²) in [6.07, 6.45) is -1.37. The second-order valence-corrected chi connectivity index (χ2v) is 3.16. The first-order valence-electron chi connectivity index (χ1n) is 4.53. The number of benzene rings is 1. The second-order valence-electron chi connectivity index (χ2n) is 3.16. The van der Waals surface area contributed by atoms with E-state index in [1.165, 1.54) is 13.2 Å². The number of aliphatic hydroxyl groups is 1. The summed E-state index contributed by atoms with van der Waals surface area (Å²) < 4.78 is 4.86. The van der Waals surface area contributed by atoms with E-state index < -0.39 is 12.1 Å². The van der Waals surface area contributed by atoms with Crippen molar-refractivity contribution in [1.82, 2.24) is 0 Å². The summed E-state index contributed by atoms with van der Waals surface area (Å²) in [5.41, 5.74) is -0.0403. The fourth-order valence-electron chi connectivity index (χ4n) is 1.33. The molecule has 0 aliphatic rings. The standard InChI is InChI=1S/C11H9NO5/c1-17-9-3-6(10(14)11(15)16)2-7(5-13)8(9)4-12/h2-3,5,10,14H,1H3,(H,15,16). The number of nitrogens with zero attached hydrogens (tertiary/aromatic N) is 1. The van der Waals surface area contributed by atoms with E-state index >= 15 is 0 Å². The SMILES string of the molecule is COc1cc(C(O)C(=O)O)cc(C=O)c1C#N. The minimum absolute atomic E-state index is 0.00355. The van der Waals surface area contributed by atoms with Crippen molar-refractivity contribution >= 4 is 12.3 Å². The molecule has 0 heterocycles. The number of methoxy groups -OCH3 is 1. The van der Waals surface area contributed by atoms with Crippen LogP contribution in [0.5, 0.6) is 5.75 Å². The molecule has 2 N–H and O–H groups in total. The molecule has 88 valence electrons. The molecule has 0 fully saturated rings. The summed E-state index contributed by atoms with van der Waals surface area (Å²) in [5.74, 6) is -1.40. The minimum Gasteiger partial charge on any atom is -0.495 e. The minimum atomic E-state index is -1.77. The number of aliphatic carboxylic acids is 1. The van der Waals surface area contributed by atoms with Crippen LogP contribution < -0.4 is 4.74 Å². The highest BCUT2D eigenvalue weighted by molar-refractivity contribution is 5.83. The van der Waals surface area contributed by atoms with E-state index in [0.717, 1.165) is 6.07 Å². The Labute approximate surface area is 96.7 Å². The van der Waals surface area contributed by atoms with Crippen molar-refractivity contribution in [2.45, 2.75) is 6.10 Å². The van der Waals surface area contributed by atoms with E-state index in [0.29, 0.717) is 6.29 Å². The number of nitriles is 1. The van der Waals surface area contributed by atoms with E-state index in [1.807, 2.05) is 0 Å². The Bertz CT molecular complexity index is 503. The highest BCUT2D eigenvalue weighted by Gasteiger charge is 2.20. The molecule has 0 saturated heterocycles. The lowest BCUT2D eigenvalue weighted by Crippen LogP contribution is -2.11. The Kier molecular flexibility index (Phi) is 3.80. The van der Waals surface area contributed by atoms with Crippen molar-refractivity contribution in [2.75, 3.05) is 7.11 Å². The fourth-order valence-corrected chi connectivity index (χ4v) is 1.33. The highest BCUT2D eigenvalue weighted by Crippen LogP contribution is 2.26. The van der Waals surface area contributed by atoms with Gasteiger partial charge in [0.05, 0.1) is 7.11 Å². The number of carboxylic acids is 1. The highest BCUT2D eigenvalue weighted by atomic mass is 16.5. The predicted molar refractivity (Wildman–Crippen MR) is 55.7 cm³/mol. The summed E-state index contributed by atoms with van der Waals surface area (Å²) in [5, 5.41) is 26.8. The number of carboxylic acid groups (broad SMARTS) is 1. The number of aldehydes is 1. The monoisotopic (exact) mass is 235 g/mol. The van der Waals surface area contributed by atoms with E-state index in [9.17, 15) is 14.7 Å². The quantitative estimate of drug-likeness (QED) is 0.735. The molecule has 0 radical (unpaired) electrons. The van der Waals surface area contributed by atoms with Crippen LogP contribution in [0.25, 0.3) is 0 Å². The van der Waals surface area contributed by atoms with Crippen molar-refractivity contribution in [3.63, 3.8) is 0 Å². The van der Waals surface area contributed by atoms with Gasteiger partial charge in [0, 0.05) is 5.56 Å². The number of carbonyl (C=O) groups is 2. The van der Waals surface area contributed by atoms with Crippen LogP contribution in [-0.2, 0) is 4.79 Å². The molecule has 0 bridgehead atoms. The molecule has 1 unspecified atom stereocenters. The molecule has 0 amide bonds. The zero-order valence-corrected chi connectivity index (χ0v) is 8.88. The molecule has 1 atom stereocenters. The van der Waals surface area contributed by atoms with Gasteiger partial charge in [0.25, 0.3) is 0 Å². The van der Waals surface area contributed by atoms with Gasteiger partial charge in [-0.05, 0) is 17.7 Å². The van der Waals surface area contributed by atoms with Crippen LogP contribution in [0.1, 0.15) is 27.6 Å². The van der Waals surface area contributed by atoms with Crippen molar-refractivity contribution < 1.29 is 24.5 Å². The van der Waals surface area contributed by atoms with Crippen LogP contribution in [0.15, 0.2) is 12.1 Å². The third kappa shape index (κ3) is 2.41. The Morgan fingerprint density at radius 3 is 2.65 bits per heavy atom. The first-order chi connectivity index (χ1) is 8.04. The van der Waals surface area contributed by atoms with Gasteiger partial charge in [0.1, 0.15) is 17.4 Å². The van der Waals surface area contributed by atoms with E-state index in [1.54, 1.807) is 6.07 Å². The van der Waals surface area contributed by atoms with Crippen LogP contribution in [0.2, 0.25) is 0 Å². The molecule has 0 aliphatic heterocycles. The topological polar surface area (TPSA) is 108 Å². The fraction of sp³-hybridized carbons (Fsp3) is 0.182. The van der Waals surface area contributed by atoms with Crippen molar-refractivity contribution in [3.8, 4) is 11.8 Å². The summed E-state index contributed by atoms with van der Waals surface area (Å²) in [4.78, 5) is 21.4. The van der Waals surface area contributed by atoms with Crippen molar-refractivity contribution in [1.29, 1.82) is 5.26 Å². The molecule has 0 aromatic heterocycles. The Morgan fingerprint density at radius 2 is 2.24 bits per heavy atom. The lowest BCUT2D eigenvalue weighted by molar-refractivity contribution is -0.146. The molecule has 1 aromatic carbocycles. The molecule has 17 heavy (non-hydrogen) atoms. The molecule has 0 aliphatic carbocycles. The molecule has 6 nitrogen and oxygen atoms in total. The van der Waals surface area contributed by atoms with Crippen molar-refractivity contribution in [2.24, 2.45) is 0 Å². The Balaban J connectivity index is 3.43. The van der Waals surface area contributed by atoms with E-state index in [-0.39, 0.29) is 22.4 Å². The Morgan fingerprint density at radius 1 is 1.59 bits per heavy atom. The molecule has 6 heteroatoms. The molecule has 0 spiro atoms. The van der Waals surface area contributed by atoms with Gasteiger partial charge in [-0.1, -0.05) is 0 Å². The largest absolute Gasteiger partial charge is 0.495 e. The third-order valence-corrected chi connectivity index (χ3v) is 2.16. The number of ether oxygens (including phenoxy) is 1. The van der Waals surface area contributed by atoms with Gasteiger partial charge < -0.3 is 14.9 Å². The normalized spacial score (nSPS) is 11.4. The first kappa shape index (κ1) is 12.7. The van der Waals surface area contributed by atoms with Crippen LogP contribution in [-0.4, -0.2) is 29.6 Å².